The van der Waals surface area contributed by atoms with Crippen molar-refractivity contribution in [2.45, 2.75) is 51.6 Å². The molecule has 28 heavy (non-hydrogen) atoms. The summed E-state index contributed by atoms with van der Waals surface area (Å²) < 4.78 is 7.33. The molecule has 3 aromatic rings. The number of hydrogen-bond acceptors (Lipinski definition) is 5. The Kier molecular flexibility index (Phi) is 4.51. The third kappa shape index (κ3) is 3.49. The molecule has 6 heteroatoms. The smallest absolute Gasteiger partial charge is 0.261 e. The van der Waals surface area contributed by atoms with Crippen LogP contribution in [0, 0.1) is 12.8 Å². The van der Waals surface area contributed by atoms with Crippen LogP contribution in [-0.4, -0.2) is 32.7 Å². The maximum atomic E-state index is 12.9. The van der Waals surface area contributed by atoms with Crippen molar-refractivity contribution in [1.82, 2.24) is 19.6 Å². The number of para-hydroxylation sites is 1. The van der Waals surface area contributed by atoms with E-state index in [-0.39, 0.29) is 5.56 Å². The Morgan fingerprint density at radius 2 is 1.93 bits per heavy atom. The molecule has 0 unspecified atom stereocenters. The zero-order valence-corrected chi connectivity index (χ0v) is 16.3. The lowest BCUT2D eigenvalue weighted by Crippen LogP contribution is -2.36. The van der Waals surface area contributed by atoms with Gasteiger partial charge in [0.05, 0.1) is 16.6 Å². The molecule has 2 fully saturated rings. The van der Waals surface area contributed by atoms with Gasteiger partial charge in [-0.2, -0.15) is 0 Å². The van der Waals surface area contributed by atoms with Gasteiger partial charge >= 0.3 is 0 Å². The summed E-state index contributed by atoms with van der Waals surface area (Å²) in [6, 6.07) is 9.74. The molecule has 0 spiro atoms. The summed E-state index contributed by atoms with van der Waals surface area (Å²) in [6.45, 7) is 5.62. The van der Waals surface area contributed by atoms with E-state index in [0.29, 0.717) is 17.2 Å². The molecule has 0 N–H and O–H groups in total. The van der Waals surface area contributed by atoms with Crippen LogP contribution < -0.4 is 5.56 Å². The molecule has 3 heterocycles. The zero-order chi connectivity index (χ0) is 19.1. The number of fused-ring (bicyclic) bond motifs is 1. The summed E-state index contributed by atoms with van der Waals surface area (Å²) in [4.78, 5) is 20.0. The molecule has 0 atom stereocenters. The van der Waals surface area contributed by atoms with E-state index in [0.717, 1.165) is 61.8 Å². The van der Waals surface area contributed by atoms with Crippen LogP contribution >= 0.6 is 0 Å². The molecule has 5 rings (SSSR count). The van der Waals surface area contributed by atoms with Crippen LogP contribution in [0.15, 0.2) is 39.6 Å². The first kappa shape index (κ1) is 17.6. The Hall–Kier alpha value is -2.47. The highest BCUT2D eigenvalue weighted by molar-refractivity contribution is 5.77. The van der Waals surface area contributed by atoms with Crippen LogP contribution in [0.3, 0.4) is 0 Å². The highest BCUT2D eigenvalue weighted by atomic mass is 16.5. The van der Waals surface area contributed by atoms with Gasteiger partial charge in [0, 0.05) is 25.1 Å². The zero-order valence-electron chi connectivity index (χ0n) is 16.3. The van der Waals surface area contributed by atoms with Crippen molar-refractivity contribution in [3.05, 3.63) is 58.0 Å². The number of aryl methyl sites for hydroxylation is 1. The Bertz CT molecular complexity index is 1040. The van der Waals surface area contributed by atoms with Crippen molar-refractivity contribution >= 4 is 10.9 Å². The molecule has 1 saturated carbocycles. The fourth-order valence-electron chi connectivity index (χ4n) is 4.27. The van der Waals surface area contributed by atoms with E-state index < -0.39 is 0 Å². The molecule has 1 aliphatic heterocycles. The van der Waals surface area contributed by atoms with Crippen molar-refractivity contribution in [3.63, 3.8) is 0 Å². The Morgan fingerprint density at radius 1 is 1.14 bits per heavy atom. The molecule has 1 saturated heterocycles. The molecule has 0 radical (unpaired) electrons. The summed E-state index contributed by atoms with van der Waals surface area (Å²) in [5, 5.41) is 4.95. The minimum absolute atomic E-state index is 0.0840. The fourth-order valence-corrected chi connectivity index (χ4v) is 4.27. The van der Waals surface area contributed by atoms with Gasteiger partial charge in [0.15, 0.2) is 0 Å². The molecular formula is C22H26N4O2. The van der Waals surface area contributed by atoms with Gasteiger partial charge in [-0.25, -0.2) is 4.98 Å². The topological polar surface area (TPSA) is 64.2 Å². The van der Waals surface area contributed by atoms with Crippen LogP contribution in [0.2, 0.25) is 0 Å². The molecule has 2 aliphatic rings. The highest BCUT2D eigenvalue weighted by Crippen LogP contribution is 2.40. The van der Waals surface area contributed by atoms with E-state index in [2.05, 4.69) is 21.1 Å². The van der Waals surface area contributed by atoms with E-state index in [9.17, 15) is 4.79 Å². The van der Waals surface area contributed by atoms with Gasteiger partial charge in [-0.1, -0.05) is 17.3 Å². The average molecular weight is 378 g/mol. The van der Waals surface area contributed by atoms with Gasteiger partial charge in [-0.05, 0) is 63.7 Å². The van der Waals surface area contributed by atoms with Gasteiger partial charge in [-0.3, -0.25) is 14.3 Å². The first-order chi connectivity index (χ1) is 13.7. The maximum Gasteiger partial charge on any atom is 0.261 e. The average Bonchev–Trinajstić information content (AvgIpc) is 3.46. The Morgan fingerprint density at radius 3 is 2.71 bits per heavy atom. The summed E-state index contributed by atoms with van der Waals surface area (Å²) in [5.74, 6) is 2.99. The van der Waals surface area contributed by atoms with E-state index in [1.54, 1.807) is 0 Å². The van der Waals surface area contributed by atoms with E-state index in [4.69, 9.17) is 4.52 Å². The van der Waals surface area contributed by atoms with Crippen molar-refractivity contribution in [3.8, 4) is 0 Å². The molecule has 1 aliphatic carbocycles. The molecular weight excluding hydrogens is 352 g/mol. The predicted molar refractivity (Wildman–Crippen MR) is 107 cm³/mol. The Labute approximate surface area is 164 Å². The number of aromatic nitrogens is 3. The van der Waals surface area contributed by atoms with E-state index in [1.807, 2.05) is 35.8 Å². The second-order valence-corrected chi connectivity index (χ2v) is 8.31. The van der Waals surface area contributed by atoms with Crippen molar-refractivity contribution in [2.75, 3.05) is 13.1 Å². The van der Waals surface area contributed by atoms with Crippen molar-refractivity contribution in [1.29, 1.82) is 0 Å². The lowest BCUT2D eigenvalue weighted by atomic mass is 9.96. The lowest BCUT2D eigenvalue weighted by Gasteiger charge is -2.31. The third-order valence-electron chi connectivity index (χ3n) is 6.14. The lowest BCUT2D eigenvalue weighted by molar-refractivity contribution is 0.162. The predicted octanol–water partition coefficient (Wildman–Crippen LogP) is 3.48. The number of likely N-dealkylation sites (tertiary alicyclic amines) is 1. The van der Waals surface area contributed by atoms with Crippen LogP contribution in [-0.2, 0) is 13.1 Å². The number of hydrogen-bond donors (Lipinski definition) is 0. The number of benzene rings is 1. The molecule has 0 amide bonds. The fraction of sp³-hybridized carbons (Fsp3) is 0.500. The minimum Gasteiger partial charge on any atom is -0.361 e. The van der Waals surface area contributed by atoms with Gasteiger partial charge in [-0.15, -0.1) is 0 Å². The van der Waals surface area contributed by atoms with Gasteiger partial charge in [0.25, 0.3) is 5.56 Å². The second-order valence-electron chi connectivity index (χ2n) is 8.31. The highest BCUT2D eigenvalue weighted by Gasteiger charge is 2.28. The first-order valence-electron chi connectivity index (χ1n) is 10.3. The van der Waals surface area contributed by atoms with Crippen LogP contribution in [0.5, 0.6) is 0 Å². The number of rotatable bonds is 5. The summed E-state index contributed by atoms with van der Waals surface area (Å²) >= 11 is 0. The molecule has 0 bridgehead atoms. The Balaban J connectivity index is 1.22. The molecule has 6 nitrogen and oxygen atoms in total. The summed E-state index contributed by atoms with van der Waals surface area (Å²) in [7, 11) is 0. The number of piperidine rings is 1. The first-order valence-corrected chi connectivity index (χ1v) is 10.3. The van der Waals surface area contributed by atoms with Crippen LogP contribution in [0.25, 0.3) is 10.9 Å². The largest absolute Gasteiger partial charge is 0.361 e. The SMILES string of the molecule is Cc1nc2ccccc2c(=O)n1CC1CCN(Cc2cc(C3CC3)on2)CC1. The molecule has 146 valence electrons. The van der Waals surface area contributed by atoms with Crippen LogP contribution in [0.4, 0.5) is 0 Å². The summed E-state index contributed by atoms with van der Waals surface area (Å²) in [6.07, 6.45) is 4.66. The minimum atomic E-state index is 0.0840. The van der Waals surface area contributed by atoms with Gasteiger partial charge in [0.1, 0.15) is 11.6 Å². The molecule has 2 aromatic heterocycles. The maximum absolute atomic E-state index is 12.9. The van der Waals surface area contributed by atoms with Gasteiger partial charge in [0.2, 0.25) is 0 Å². The standard InChI is InChI=1S/C22H26N4O2/c1-15-23-20-5-3-2-4-19(20)22(27)26(15)13-16-8-10-25(11-9-16)14-18-12-21(28-24-18)17-6-7-17/h2-5,12,16-17H,6-11,13-14H2,1H3. The van der Waals surface area contributed by atoms with E-state index in [1.165, 1.54) is 12.8 Å². The third-order valence-corrected chi connectivity index (χ3v) is 6.14. The molecule has 1 aromatic carbocycles. The van der Waals surface area contributed by atoms with Crippen molar-refractivity contribution < 1.29 is 4.52 Å². The van der Waals surface area contributed by atoms with Crippen molar-refractivity contribution in [2.24, 2.45) is 5.92 Å². The quantitative estimate of drug-likeness (QED) is 0.680. The van der Waals surface area contributed by atoms with Crippen LogP contribution in [0.1, 0.15) is 48.9 Å². The summed E-state index contributed by atoms with van der Waals surface area (Å²) in [5.41, 5.74) is 1.92. The number of nitrogens with zero attached hydrogens (tertiary/aromatic N) is 4. The van der Waals surface area contributed by atoms with Gasteiger partial charge < -0.3 is 4.52 Å². The monoisotopic (exact) mass is 378 g/mol. The van der Waals surface area contributed by atoms with E-state index >= 15 is 0 Å². The second kappa shape index (κ2) is 7.17. The normalized spacial score (nSPS) is 18.8.